The average Bonchev–Trinajstić information content (AvgIpc) is 3.21. The Kier molecular flexibility index (Phi) is 5.15. The van der Waals surface area contributed by atoms with Crippen molar-refractivity contribution >= 4 is 17.7 Å². The van der Waals surface area contributed by atoms with Gasteiger partial charge < -0.3 is 14.4 Å². The predicted molar refractivity (Wildman–Crippen MR) is 119 cm³/mol. The number of ether oxygens (including phenoxy) is 2. The van der Waals surface area contributed by atoms with Crippen LogP contribution in [0.2, 0.25) is 0 Å². The number of piperidine rings is 1. The summed E-state index contributed by atoms with van der Waals surface area (Å²) in [5, 5.41) is 2.14. The minimum Gasteiger partial charge on any atom is -0.489 e. The molecule has 2 fully saturated rings. The highest BCUT2D eigenvalue weighted by Gasteiger charge is 2.40. The predicted octanol–water partition coefficient (Wildman–Crippen LogP) is 1.86. The molecule has 2 aromatic rings. The van der Waals surface area contributed by atoms with Crippen molar-refractivity contribution in [1.29, 1.82) is 0 Å². The molecule has 1 N–H and O–H groups in total. The molecule has 1 atom stereocenters. The Morgan fingerprint density at radius 3 is 2.61 bits per heavy atom. The Balaban J connectivity index is 1.33. The van der Waals surface area contributed by atoms with Crippen LogP contribution >= 0.6 is 0 Å². The molecule has 5 rings (SSSR count). The summed E-state index contributed by atoms with van der Waals surface area (Å²) in [7, 11) is 0. The van der Waals surface area contributed by atoms with Crippen LogP contribution in [0.4, 0.5) is 0 Å². The van der Waals surface area contributed by atoms with Crippen molar-refractivity contribution in [2.75, 3.05) is 26.3 Å². The van der Waals surface area contributed by atoms with E-state index in [2.05, 4.69) is 10.2 Å². The fraction of sp³-hybridized carbons (Fsp3) is 0.400. The quantitative estimate of drug-likeness (QED) is 0.674. The van der Waals surface area contributed by atoms with Gasteiger partial charge in [0.2, 0.25) is 11.8 Å². The molecular weight excluding hydrogens is 422 g/mol. The summed E-state index contributed by atoms with van der Waals surface area (Å²) in [5.74, 6) is -1.67. The normalized spacial score (nSPS) is 25.2. The van der Waals surface area contributed by atoms with Crippen LogP contribution in [0.5, 0.6) is 5.75 Å². The van der Waals surface area contributed by atoms with Crippen molar-refractivity contribution in [2.45, 2.75) is 38.5 Å². The molecule has 3 amide bonds. The number of amides is 3. The lowest BCUT2D eigenvalue weighted by Gasteiger charge is -2.29. The summed E-state index contributed by atoms with van der Waals surface area (Å²) in [4.78, 5) is 40.5. The van der Waals surface area contributed by atoms with Crippen LogP contribution in [0.15, 0.2) is 42.5 Å². The van der Waals surface area contributed by atoms with Gasteiger partial charge in [0.15, 0.2) is 0 Å². The summed E-state index contributed by atoms with van der Waals surface area (Å²) in [6, 6.07) is 9.93. The number of rotatable bonds is 6. The molecular formula is C25H27N3O5. The minimum atomic E-state index is -2.18. The van der Waals surface area contributed by atoms with Crippen LogP contribution in [-0.4, -0.2) is 59.8 Å². The molecule has 3 aliphatic rings. The monoisotopic (exact) mass is 452 g/mol. The average molecular weight is 453 g/mol. The molecule has 2 saturated heterocycles. The van der Waals surface area contributed by atoms with Crippen LogP contribution < -0.4 is 10.1 Å². The Bertz CT molecular complexity index is 1200. The lowest BCUT2D eigenvalue weighted by molar-refractivity contribution is -0.136. The number of nitrogens with one attached hydrogen (secondary N) is 1. The molecule has 172 valence electrons. The molecule has 3 aliphatic heterocycles. The number of benzene rings is 2. The van der Waals surface area contributed by atoms with E-state index in [0.29, 0.717) is 24.3 Å². The van der Waals surface area contributed by atoms with Crippen molar-refractivity contribution in [3.8, 4) is 5.75 Å². The zero-order valence-corrected chi connectivity index (χ0v) is 18.1. The summed E-state index contributed by atoms with van der Waals surface area (Å²) < 4.78 is 36.9. The van der Waals surface area contributed by atoms with Crippen LogP contribution in [0, 0.1) is 0 Å². The highest BCUT2D eigenvalue weighted by molar-refractivity contribution is 6.05. The summed E-state index contributed by atoms with van der Waals surface area (Å²) in [6.45, 7) is 1.61. The molecule has 0 bridgehead atoms. The number of imide groups is 1. The number of nitrogens with zero attached hydrogens (tertiary/aromatic N) is 2. The molecule has 0 aromatic heterocycles. The Morgan fingerprint density at radius 1 is 1.09 bits per heavy atom. The van der Waals surface area contributed by atoms with Gasteiger partial charge in [-0.15, -0.1) is 0 Å². The summed E-state index contributed by atoms with van der Waals surface area (Å²) in [6.07, 6.45) is -0.145. The first-order valence-corrected chi connectivity index (χ1v) is 11.0. The van der Waals surface area contributed by atoms with Gasteiger partial charge in [-0.25, -0.2) is 0 Å². The van der Waals surface area contributed by atoms with E-state index in [1.165, 1.54) is 0 Å². The largest absolute Gasteiger partial charge is 0.489 e. The molecule has 0 spiro atoms. The van der Waals surface area contributed by atoms with Gasteiger partial charge in [0.05, 0.1) is 23.9 Å². The second-order valence-electron chi connectivity index (χ2n) is 8.29. The van der Waals surface area contributed by atoms with Crippen molar-refractivity contribution in [3.63, 3.8) is 0 Å². The van der Waals surface area contributed by atoms with Crippen LogP contribution in [0.25, 0.3) is 0 Å². The van der Waals surface area contributed by atoms with Gasteiger partial charge in [0, 0.05) is 37.2 Å². The van der Waals surface area contributed by atoms with Gasteiger partial charge in [0.1, 0.15) is 18.3 Å². The zero-order chi connectivity index (χ0) is 25.5. The fourth-order valence-corrected chi connectivity index (χ4v) is 4.29. The molecule has 2 aromatic carbocycles. The van der Waals surface area contributed by atoms with Gasteiger partial charge in [-0.3, -0.25) is 24.6 Å². The SMILES string of the molecule is [2H]C([2H])(Oc1cccc2c1CN(C1([2H])CCC(=O)NC1=O)C2=O)c1ccc(CN2CCOCC2)cc1. The van der Waals surface area contributed by atoms with E-state index in [-0.39, 0.29) is 30.7 Å². The highest BCUT2D eigenvalue weighted by atomic mass is 16.5. The number of morpholine rings is 1. The number of fused-ring (bicyclic) bond motifs is 1. The lowest BCUT2D eigenvalue weighted by atomic mass is 10.0. The first-order valence-electron chi connectivity index (χ1n) is 12.5. The molecule has 8 nitrogen and oxygen atoms in total. The standard InChI is InChI=1S/C25H27N3O5/c29-23-9-8-21(24(30)26-23)28-15-20-19(25(28)31)2-1-3-22(20)33-16-18-6-4-17(5-7-18)14-27-10-12-32-13-11-27/h1-7,21H,8-16H2,(H,26,29,30)/i16D2,21D. The third-order valence-corrected chi connectivity index (χ3v) is 6.10. The Hall–Kier alpha value is -3.23. The summed E-state index contributed by atoms with van der Waals surface area (Å²) in [5.41, 5.74) is 2.05. The van der Waals surface area contributed by atoms with Crippen LogP contribution in [-0.2, 0) is 34.0 Å². The maximum absolute atomic E-state index is 13.1. The second kappa shape index (κ2) is 9.33. The number of carbonyl (C=O) groups is 3. The summed E-state index contributed by atoms with van der Waals surface area (Å²) >= 11 is 0. The molecule has 33 heavy (non-hydrogen) atoms. The third kappa shape index (κ3) is 4.62. The third-order valence-electron chi connectivity index (χ3n) is 6.10. The first-order chi connectivity index (χ1) is 17.2. The van der Waals surface area contributed by atoms with Crippen molar-refractivity contribution in [3.05, 3.63) is 64.7 Å². The van der Waals surface area contributed by atoms with Crippen molar-refractivity contribution in [1.82, 2.24) is 15.1 Å². The van der Waals surface area contributed by atoms with Crippen molar-refractivity contribution < 1.29 is 28.0 Å². The van der Waals surface area contributed by atoms with Gasteiger partial charge in [0.25, 0.3) is 5.91 Å². The van der Waals surface area contributed by atoms with E-state index in [4.69, 9.17) is 13.6 Å². The zero-order valence-electron chi connectivity index (χ0n) is 21.1. The number of hydrogen-bond acceptors (Lipinski definition) is 6. The first kappa shape index (κ1) is 18.2. The molecule has 1 unspecified atom stereocenters. The molecule has 8 heteroatoms. The van der Waals surface area contributed by atoms with E-state index in [9.17, 15) is 14.4 Å². The van der Waals surface area contributed by atoms with E-state index < -0.39 is 30.3 Å². The smallest absolute Gasteiger partial charge is 0.255 e. The number of hydrogen-bond donors (Lipinski definition) is 1. The van der Waals surface area contributed by atoms with E-state index in [1.807, 2.05) is 12.1 Å². The van der Waals surface area contributed by atoms with Gasteiger partial charge in [-0.1, -0.05) is 30.3 Å². The van der Waals surface area contributed by atoms with Gasteiger partial charge in [-0.2, -0.15) is 0 Å². The minimum absolute atomic E-state index is 0.0389. The highest BCUT2D eigenvalue weighted by Crippen LogP contribution is 2.34. The maximum Gasteiger partial charge on any atom is 0.255 e. The van der Waals surface area contributed by atoms with Gasteiger partial charge in [-0.05, 0) is 29.7 Å². The topological polar surface area (TPSA) is 88.2 Å². The maximum atomic E-state index is 13.1. The second-order valence-corrected chi connectivity index (χ2v) is 8.29. The molecule has 0 saturated carbocycles. The van der Waals surface area contributed by atoms with Crippen LogP contribution in [0.1, 0.15) is 44.0 Å². The fourth-order valence-electron chi connectivity index (χ4n) is 4.29. The number of carbonyl (C=O) groups excluding carboxylic acids is 3. The van der Waals surface area contributed by atoms with E-state index in [0.717, 1.165) is 30.1 Å². The van der Waals surface area contributed by atoms with Crippen LogP contribution in [0.3, 0.4) is 0 Å². The van der Waals surface area contributed by atoms with E-state index in [1.54, 1.807) is 30.3 Å². The van der Waals surface area contributed by atoms with Gasteiger partial charge >= 0.3 is 0 Å². The lowest BCUT2D eigenvalue weighted by Crippen LogP contribution is -2.52. The molecule has 0 radical (unpaired) electrons. The molecule has 3 heterocycles. The Morgan fingerprint density at radius 2 is 1.85 bits per heavy atom. The molecule has 0 aliphatic carbocycles. The Labute approximate surface area is 196 Å². The van der Waals surface area contributed by atoms with Crippen molar-refractivity contribution in [2.24, 2.45) is 0 Å². The van der Waals surface area contributed by atoms with E-state index >= 15 is 0 Å².